The third-order valence-electron chi connectivity index (χ3n) is 3.21. The van der Waals surface area contributed by atoms with E-state index in [4.69, 9.17) is 5.26 Å². The van der Waals surface area contributed by atoms with Crippen LogP contribution in [0, 0.1) is 16.7 Å². The number of hydrogen-bond donors (Lipinski definition) is 0. The lowest BCUT2D eigenvalue weighted by Gasteiger charge is -2.39. The summed E-state index contributed by atoms with van der Waals surface area (Å²) in [4.78, 5) is 2.45. The van der Waals surface area contributed by atoms with Gasteiger partial charge in [-0.1, -0.05) is 6.92 Å². The molecule has 0 bridgehead atoms. The summed E-state index contributed by atoms with van der Waals surface area (Å²) < 4.78 is 0. The number of nitriles is 1. The van der Waals surface area contributed by atoms with Crippen LogP contribution in [0.1, 0.15) is 40.0 Å². The van der Waals surface area contributed by atoms with Gasteiger partial charge in [0.1, 0.15) is 0 Å². The minimum absolute atomic E-state index is 0.0956. The topological polar surface area (TPSA) is 27.0 Å². The molecule has 13 heavy (non-hydrogen) atoms. The summed E-state index contributed by atoms with van der Waals surface area (Å²) in [6.07, 6.45) is 3.42. The Labute approximate surface area is 81.5 Å². The molecule has 74 valence electrons. The van der Waals surface area contributed by atoms with Gasteiger partial charge in [0.05, 0.1) is 11.5 Å². The highest BCUT2D eigenvalue weighted by Gasteiger charge is 2.32. The van der Waals surface area contributed by atoms with Crippen molar-refractivity contribution in [2.24, 2.45) is 5.41 Å². The van der Waals surface area contributed by atoms with Gasteiger partial charge in [-0.15, -0.1) is 0 Å². The van der Waals surface area contributed by atoms with E-state index in [2.05, 4.69) is 31.7 Å². The average molecular weight is 180 g/mol. The molecule has 1 aliphatic rings. The SMILES string of the molecule is CCC(C)N1CCCC(C)(C#N)C1. The molecular weight excluding hydrogens is 160 g/mol. The summed E-state index contributed by atoms with van der Waals surface area (Å²) in [5, 5.41) is 9.05. The van der Waals surface area contributed by atoms with E-state index < -0.39 is 0 Å². The Kier molecular flexibility index (Phi) is 3.33. The molecule has 1 rings (SSSR count). The van der Waals surface area contributed by atoms with E-state index >= 15 is 0 Å². The zero-order valence-electron chi connectivity index (χ0n) is 9.01. The van der Waals surface area contributed by atoms with E-state index in [-0.39, 0.29) is 5.41 Å². The molecule has 1 fully saturated rings. The number of hydrogen-bond acceptors (Lipinski definition) is 2. The summed E-state index contributed by atoms with van der Waals surface area (Å²) in [7, 11) is 0. The Balaban J connectivity index is 2.57. The van der Waals surface area contributed by atoms with Gasteiger partial charge in [-0.3, -0.25) is 4.90 Å². The normalized spacial score (nSPS) is 32.5. The number of nitrogens with zero attached hydrogens (tertiary/aromatic N) is 2. The summed E-state index contributed by atoms with van der Waals surface area (Å²) in [5.41, 5.74) is -0.0956. The second kappa shape index (κ2) is 4.11. The first-order valence-electron chi connectivity index (χ1n) is 5.26. The van der Waals surface area contributed by atoms with Gasteiger partial charge in [0, 0.05) is 12.6 Å². The first-order chi connectivity index (χ1) is 6.11. The van der Waals surface area contributed by atoms with Crippen molar-refractivity contribution in [1.82, 2.24) is 4.90 Å². The lowest BCUT2D eigenvalue weighted by molar-refractivity contribution is 0.104. The maximum Gasteiger partial charge on any atom is 0.0700 e. The van der Waals surface area contributed by atoms with E-state index in [1.165, 1.54) is 19.4 Å². The lowest BCUT2D eigenvalue weighted by atomic mass is 9.83. The van der Waals surface area contributed by atoms with Gasteiger partial charge in [-0.2, -0.15) is 5.26 Å². The van der Waals surface area contributed by atoms with Crippen molar-refractivity contribution in [3.8, 4) is 6.07 Å². The predicted molar refractivity (Wildman–Crippen MR) is 54.3 cm³/mol. The summed E-state index contributed by atoms with van der Waals surface area (Å²) in [6, 6.07) is 3.08. The highest BCUT2D eigenvalue weighted by Crippen LogP contribution is 2.29. The Morgan fingerprint density at radius 3 is 2.85 bits per heavy atom. The first-order valence-corrected chi connectivity index (χ1v) is 5.26. The van der Waals surface area contributed by atoms with Crippen LogP contribution in [0.2, 0.25) is 0 Å². The minimum Gasteiger partial charge on any atom is -0.299 e. The maximum absolute atomic E-state index is 9.05. The Morgan fingerprint density at radius 1 is 1.62 bits per heavy atom. The van der Waals surface area contributed by atoms with Gasteiger partial charge in [0.25, 0.3) is 0 Å². The average Bonchev–Trinajstić information content (AvgIpc) is 2.17. The minimum atomic E-state index is -0.0956. The van der Waals surface area contributed by atoms with Gasteiger partial charge < -0.3 is 0 Å². The smallest absolute Gasteiger partial charge is 0.0700 e. The van der Waals surface area contributed by atoms with Crippen molar-refractivity contribution < 1.29 is 0 Å². The monoisotopic (exact) mass is 180 g/mol. The molecule has 0 radical (unpaired) electrons. The second-order valence-electron chi connectivity index (χ2n) is 4.50. The van der Waals surface area contributed by atoms with Crippen LogP contribution < -0.4 is 0 Å². The molecule has 0 N–H and O–H groups in total. The fourth-order valence-corrected chi connectivity index (χ4v) is 2.00. The van der Waals surface area contributed by atoms with E-state index in [9.17, 15) is 0 Å². The summed E-state index contributed by atoms with van der Waals surface area (Å²) in [6.45, 7) is 8.68. The van der Waals surface area contributed by atoms with Crippen LogP contribution in [-0.2, 0) is 0 Å². The van der Waals surface area contributed by atoms with Crippen molar-refractivity contribution in [3.05, 3.63) is 0 Å². The number of rotatable bonds is 2. The zero-order valence-corrected chi connectivity index (χ0v) is 9.01. The van der Waals surface area contributed by atoms with Crippen molar-refractivity contribution >= 4 is 0 Å². The molecule has 2 atom stereocenters. The first kappa shape index (κ1) is 10.5. The maximum atomic E-state index is 9.05. The predicted octanol–water partition coefficient (Wildman–Crippen LogP) is 2.41. The Hall–Kier alpha value is -0.550. The second-order valence-corrected chi connectivity index (χ2v) is 4.50. The summed E-state index contributed by atoms with van der Waals surface area (Å²) in [5.74, 6) is 0. The van der Waals surface area contributed by atoms with Crippen molar-refractivity contribution in [2.75, 3.05) is 13.1 Å². The van der Waals surface area contributed by atoms with Gasteiger partial charge >= 0.3 is 0 Å². The van der Waals surface area contributed by atoms with E-state index in [0.29, 0.717) is 6.04 Å². The molecule has 0 aliphatic carbocycles. The van der Waals surface area contributed by atoms with Gasteiger partial charge in [0.2, 0.25) is 0 Å². The van der Waals surface area contributed by atoms with Crippen LogP contribution in [0.5, 0.6) is 0 Å². The van der Waals surface area contributed by atoms with Crippen molar-refractivity contribution in [3.63, 3.8) is 0 Å². The van der Waals surface area contributed by atoms with Gasteiger partial charge in [-0.05, 0) is 39.7 Å². The molecular formula is C11H20N2. The molecule has 0 saturated carbocycles. The fourth-order valence-electron chi connectivity index (χ4n) is 2.00. The fraction of sp³-hybridized carbons (Fsp3) is 0.909. The van der Waals surface area contributed by atoms with E-state index in [1.807, 2.05) is 0 Å². The molecule has 2 heteroatoms. The van der Waals surface area contributed by atoms with Gasteiger partial charge in [-0.25, -0.2) is 0 Å². The molecule has 1 saturated heterocycles. The Bertz CT molecular complexity index is 207. The molecule has 0 aromatic carbocycles. The highest BCUT2D eigenvalue weighted by molar-refractivity contribution is 5.00. The number of piperidine rings is 1. The van der Waals surface area contributed by atoms with Crippen molar-refractivity contribution in [2.45, 2.75) is 46.1 Å². The molecule has 1 aliphatic heterocycles. The molecule has 1 heterocycles. The molecule has 0 aromatic heterocycles. The molecule has 0 aromatic rings. The largest absolute Gasteiger partial charge is 0.299 e. The zero-order chi connectivity index (χ0) is 9.90. The van der Waals surface area contributed by atoms with Crippen LogP contribution in [-0.4, -0.2) is 24.0 Å². The standard InChI is InChI=1S/C11H20N2/c1-4-10(2)13-7-5-6-11(3,8-12)9-13/h10H,4-7,9H2,1-3H3. The van der Waals surface area contributed by atoms with E-state index in [0.717, 1.165) is 13.0 Å². The quantitative estimate of drug-likeness (QED) is 0.652. The molecule has 0 amide bonds. The van der Waals surface area contributed by atoms with Crippen LogP contribution in [0.15, 0.2) is 0 Å². The van der Waals surface area contributed by atoms with Crippen LogP contribution in [0.4, 0.5) is 0 Å². The molecule has 2 unspecified atom stereocenters. The molecule has 2 nitrogen and oxygen atoms in total. The van der Waals surface area contributed by atoms with Gasteiger partial charge in [0.15, 0.2) is 0 Å². The Morgan fingerprint density at radius 2 is 2.31 bits per heavy atom. The third-order valence-corrected chi connectivity index (χ3v) is 3.21. The van der Waals surface area contributed by atoms with Crippen LogP contribution >= 0.6 is 0 Å². The molecule has 0 spiro atoms. The highest BCUT2D eigenvalue weighted by atomic mass is 15.2. The van der Waals surface area contributed by atoms with Crippen LogP contribution in [0.25, 0.3) is 0 Å². The van der Waals surface area contributed by atoms with E-state index in [1.54, 1.807) is 0 Å². The van der Waals surface area contributed by atoms with Crippen LogP contribution in [0.3, 0.4) is 0 Å². The lowest BCUT2D eigenvalue weighted by Crippen LogP contribution is -2.45. The van der Waals surface area contributed by atoms with Crippen molar-refractivity contribution in [1.29, 1.82) is 5.26 Å². The number of likely N-dealkylation sites (tertiary alicyclic amines) is 1. The summed E-state index contributed by atoms with van der Waals surface area (Å²) >= 11 is 0. The third kappa shape index (κ3) is 2.45.